The molecule has 2 aromatic rings. The van der Waals surface area contributed by atoms with Crippen LogP contribution in [0.1, 0.15) is 0 Å². The molecule has 2 heterocycles. The Hall–Kier alpha value is -2.22. The smallest absolute Gasteiger partial charge is 0.322 e. The van der Waals surface area contributed by atoms with Gasteiger partial charge in [-0.05, 0) is 0 Å². The summed E-state index contributed by atoms with van der Waals surface area (Å²) in [6, 6.07) is -1.06. The molecule has 0 aliphatic carbocycles. The van der Waals surface area contributed by atoms with Gasteiger partial charge in [0, 0.05) is 0 Å². The Morgan fingerprint density at radius 3 is 3.06 bits per heavy atom. The summed E-state index contributed by atoms with van der Waals surface area (Å²) in [4.78, 5) is 32.0. The van der Waals surface area contributed by atoms with Gasteiger partial charge in [0.05, 0.1) is 19.2 Å². The molecule has 0 saturated heterocycles. The quantitative estimate of drug-likeness (QED) is 0.583. The number of imidazole rings is 1. The Balaban J connectivity index is 2.43. The Morgan fingerprint density at radius 2 is 2.38 bits per heavy atom. The third-order valence-corrected chi connectivity index (χ3v) is 2.12. The van der Waals surface area contributed by atoms with Crippen molar-refractivity contribution in [1.29, 1.82) is 0 Å². The normalized spacial score (nSPS) is 12.8. The van der Waals surface area contributed by atoms with Crippen molar-refractivity contribution >= 4 is 17.1 Å². The molecule has 8 heteroatoms. The Morgan fingerprint density at radius 1 is 1.62 bits per heavy atom. The van der Waals surface area contributed by atoms with Gasteiger partial charge < -0.3 is 20.4 Å². The van der Waals surface area contributed by atoms with Crippen molar-refractivity contribution in [2.45, 2.75) is 12.6 Å². The predicted octanol–water partition coefficient (Wildman–Crippen LogP) is -1.47. The van der Waals surface area contributed by atoms with E-state index in [4.69, 9.17) is 10.8 Å². The maximum atomic E-state index is 11.3. The Bertz CT molecular complexity index is 587. The third-order valence-electron chi connectivity index (χ3n) is 2.12. The zero-order valence-electron chi connectivity index (χ0n) is 8.12. The number of carboxylic acids is 1. The van der Waals surface area contributed by atoms with Gasteiger partial charge in [0.15, 0.2) is 11.2 Å². The van der Waals surface area contributed by atoms with E-state index in [0.717, 1.165) is 0 Å². The third kappa shape index (κ3) is 1.65. The van der Waals surface area contributed by atoms with Crippen LogP contribution in [-0.2, 0) is 11.3 Å². The number of nitrogens with one attached hydrogen (secondary N) is 1. The van der Waals surface area contributed by atoms with Gasteiger partial charge >= 0.3 is 5.97 Å². The molecule has 16 heavy (non-hydrogen) atoms. The van der Waals surface area contributed by atoms with Crippen LogP contribution in [0.3, 0.4) is 0 Å². The van der Waals surface area contributed by atoms with E-state index in [1.807, 2.05) is 0 Å². The summed E-state index contributed by atoms with van der Waals surface area (Å²) in [5, 5.41) is 8.66. The van der Waals surface area contributed by atoms with Crippen LogP contribution < -0.4 is 11.3 Å². The largest absolute Gasteiger partial charge is 0.480 e. The number of H-pyrrole nitrogens is 1. The summed E-state index contributed by atoms with van der Waals surface area (Å²) in [6.07, 6.45) is 2.57. The van der Waals surface area contributed by atoms with E-state index in [9.17, 15) is 9.59 Å². The summed E-state index contributed by atoms with van der Waals surface area (Å²) < 4.78 is 1.43. The molecule has 0 amide bonds. The second-order valence-corrected chi connectivity index (χ2v) is 3.25. The maximum absolute atomic E-state index is 11.3. The van der Waals surface area contributed by atoms with Crippen LogP contribution in [0.15, 0.2) is 17.4 Å². The molecule has 8 nitrogen and oxygen atoms in total. The molecule has 1 unspecified atom stereocenters. The van der Waals surface area contributed by atoms with Gasteiger partial charge in [0.25, 0.3) is 5.56 Å². The van der Waals surface area contributed by atoms with Crippen LogP contribution in [0.4, 0.5) is 0 Å². The van der Waals surface area contributed by atoms with Gasteiger partial charge in [0.1, 0.15) is 6.04 Å². The molecular weight excluding hydrogens is 214 g/mol. The Labute approximate surface area is 88.7 Å². The van der Waals surface area contributed by atoms with E-state index in [-0.39, 0.29) is 17.6 Å². The second-order valence-electron chi connectivity index (χ2n) is 3.25. The molecule has 0 radical (unpaired) electrons. The zero-order chi connectivity index (χ0) is 11.7. The maximum Gasteiger partial charge on any atom is 0.322 e. The lowest BCUT2D eigenvalue weighted by Gasteiger charge is -2.06. The molecule has 1 atom stereocenters. The lowest BCUT2D eigenvalue weighted by molar-refractivity contribution is -0.138. The molecule has 0 spiro atoms. The van der Waals surface area contributed by atoms with Gasteiger partial charge in [-0.3, -0.25) is 9.59 Å². The van der Waals surface area contributed by atoms with Crippen molar-refractivity contribution in [1.82, 2.24) is 19.5 Å². The van der Waals surface area contributed by atoms with Crippen LogP contribution in [0.25, 0.3) is 11.2 Å². The van der Waals surface area contributed by atoms with E-state index >= 15 is 0 Å². The summed E-state index contributed by atoms with van der Waals surface area (Å²) in [6.45, 7) is 0.0162. The average molecular weight is 223 g/mol. The van der Waals surface area contributed by atoms with E-state index in [1.165, 1.54) is 17.2 Å². The van der Waals surface area contributed by atoms with Crippen LogP contribution >= 0.6 is 0 Å². The number of aromatic amines is 1. The first-order chi connectivity index (χ1) is 7.59. The first kappa shape index (κ1) is 10.3. The lowest BCUT2D eigenvalue weighted by atomic mass is 10.3. The van der Waals surface area contributed by atoms with Gasteiger partial charge in [-0.15, -0.1) is 0 Å². The van der Waals surface area contributed by atoms with Crippen molar-refractivity contribution in [3.05, 3.63) is 23.0 Å². The molecule has 0 fully saturated rings. The minimum absolute atomic E-state index is 0.0162. The standard InChI is InChI=1S/C8H9N5O3/c9-4(8(15)16)1-13-3-12-5-6(13)10-2-11-7(5)14/h2-4H,1,9H2,(H,15,16)(H,10,11,14). The number of hydrogen-bond donors (Lipinski definition) is 3. The zero-order valence-corrected chi connectivity index (χ0v) is 8.12. The van der Waals surface area contributed by atoms with Crippen LogP contribution in [-0.4, -0.2) is 36.6 Å². The molecule has 0 aliphatic heterocycles. The van der Waals surface area contributed by atoms with E-state index < -0.39 is 12.0 Å². The number of nitrogens with zero attached hydrogens (tertiary/aromatic N) is 3. The van der Waals surface area contributed by atoms with E-state index in [2.05, 4.69) is 15.0 Å². The van der Waals surface area contributed by atoms with Crippen molar-refractivity contribution < 1.29 is 9.90 Å². The number of carboxylic acid groups (broad SMARTS) is 1. The van der Waals surface area contributed by atoms with Crippen molar-refractivity contribution in [2.24, 2.45) is 5.73 Å². The number of carbonyl (C=O) groups is 1. The fourth-order valence-corrected chi connectivity index (χ4v) is 1.32. The van der Waals surface area contributed by atoms with Gasteiger partial charge in [-0.25, -0.2) is 9.97 Å². The molecule has 4 N–H and O–H groups in total. The highest BCUT2D eigenvalue weighted by molar-refractivity contribution is 5.74. The van der Waals surface area contributed by atoms with Gasteiger partial charge in [0.2, 0.25) is 0 Å². The number of aliphatic carboxylic acids is 1. The average Bonchev–Trinajstić information content (AvgIpc) is 2.63. The Kier molecular flexibility index (Phi) is 2.41. The first-order valence-electron chi connectivity index (χ1n) is 4.46. The summed E-state index contributed by atoms with van der Waals surface area (Å²) in [7, 11) is 0. The minimum Gasteiger partial charge on any atom is -0.480 e. The topological polar surface area (TPSA) is 127 Å². The lowest BCUT2D eigenvalue weighted by Crippen LogP contribution is -2.34. The molecule has 2 aromatic heterocycles. The number of rotatable bonds is 3. The molecular formula is C8H9N5O3. The molecule has 0 aliphatic rings. The van der Waals surface area contributed by atoms with Crippen molar-refractivity contribution in [2.75, 3.05) is 0 Å². The van der Waals surface area contributed by atoms with E-state index in [1.54, 1.807) is 0 Å². The SMILES string of the molecule is NC(Cn1cnc2c(=O)[nH]cnc21)C(=O)O. The number of hydrogen-bond acceptors (Lipinski definition) is 5. The number of aromatic nitrogens is 4. The first-order valence-corrected chi connectivity index (χ1v) is 4.46. The van der Waals surface area contributed by atoms with E-state index in [0.29, 0.717) is 5.65 Å². The van der Waals surface area contributed by atoms with Crippen molar-refractivity contribution in [3.63, 3.8) is 0 Å². The molecule has 0 saturated carbocycles. The predicted molar refractivity (Wildman–Crippen MR) is 53.8 cm³/mol. The fourth-order valence-electron chi connectivity index (χ4n) is 1.32. The number of fused-ring (bicyclic) bond motifs is 1. The van der Waals surface area contributed by atoms with Crippen molar-refractivity contribution in [3.8, 4) is 0 Å². The summed E-state index contributed by atoms with van der Waals surface area (Å²) >= 11 is 0. The number of nitrogens with two attached hydrogens (primary N) is 1. The van der Waals surface area contributed by atoms with Gasteiger partial charge in [-0.2, -0.15) is 0 Å². The molecule has 84 valence electrons. The highest BCUT2D eigenvalue weighted by Gasteiger charge is 2.15. The van der Waals surface area contributed by atoms with Crippen LogP contribution in [0.5, 0.6) is 0 Å². The van der Waals surface area contributed by atoms with Crippen LogP contribution in [0.2, 0.25) is 0 Å². The monoisotopic (exact) mass is 223 g/mol. The highest BCUT2D eigenvalue weighted by atomic mass is 16.4. The minimum atomic E-state index is -1.12. The molecule has 2 rings (SSSR count). The summed E-state index contributed by atoms with van der Waals surface area (Å²) in [5.41, 5.74) is 5.49. The second kappa shape index (κ2) is 3.74. The van der Waals surface area contributed by atoms with Gasteiger partial charge in [-0.1, -0.05) is 0 Å². The highest BCUT2D eigenvalue weighted by Crippen LogP contribution is 2.04. The molecule has 0 bridgehead atoms. The van der Waals surface area contributed by atoms with Crippen LogP contribution in [0, 0.1) is 0 Å². The molecule has 0 aromatic carbocycles. The summed E-state index contributed by atoms with van der Waals surface area (Å²) in [5.74, 6) is -1.12. The fraction of sp³-hybridized carbons (Fsp3) is 0.250.